The van der Waals surface area contributed by atoms with E-state index in [-0.39, 0.29) is 19.1 Å². The molecule has 1 fully saturated rings. The predicted octanol–water partition coefficient (Wildman–Crippen LogP) is 2.66. The Labute approximate surface area is 147 Å². The Kier molecular flexibility index (Phi) is 4.95. The van der Waals surface area contributed by atoms with E-state index in [0.29, 0.717) is 24.3 Å². The van der Waals surface area contributed by atoms with E-state index in [1.165, 1.54) is 0 Å². The molecule has 5 heteroatoms. The lowest BCUT2D eigenvalue weighted by molar-refractivity contribution is 0.00426. The number of β-amino-alcohol motifs (C(OH)–C–C–N with tert-alkyl or cyclic N) is 1. The van der Waals surface area contributed by atoms with Crippen LogP contribution in [0.3, 0.4) is 0 Å². The second kappa shape index (κ2) is 7.15. The lowest BCUT2D eigenvalue weighted by atomic mass is 10.1. The molecule has 0 saturated carbocycles. The van der Waals surface area contributed by atoms with Crippen molar-refractivity contribution >= 4 is 5.91 Å². The number of hydrogen-bond donors (Lipinski definition) is 1. The zero-order chi connectivity index (χ0) is 17.9. The maximum absolute atomic E-state index is 12.7. The summed E-state index contributed by atoms with van der Waals surface area (Å²) in [5.41, 5.74) is 0.569. The highest BCUT2D eigenvalue weighted by Gasteiger charge is 2.39. The van der Waals surface area contributed by atoms with Crippen LogP contribution < -0.4 is 9.47 Å². The largest absolute Gasteiger partial charge is 0.496 e. The molecule has 1 N–H and O–H groups in total. The van der Waals surface area contributed by atoms with Crippen LogP contribution in [-0.4, -0.2) is 48.3 Å². The highest BCUT2D eigenvalue weighted by Crippen LogP contribution is 2.27. The standard InChI is InChI=1S/C20H23NO4/c1-15-6-5-7-16(12-15)25-14-20(23)10-11-21(13-20)19(22)17-8-3-4-9-18(17)24-2/h3-9,12,23H,10-11,13-14H2,1-2H3/t20-/m1/s1. The summed E-state index contributed by atoms with van der Waals surface area (Å²) >= 11 is 0. The first-order valence-electron chi connectivity index (χ1n) is 8.35. The summed E-state index contributed by atoms with van der Waals surface area (Å²) in [6.45, 7) is 2.89. The van der Waals surface area contributed by atoms with E-state index < -0.39 is 5.60 Å². The highest BCUT2D eigenvalue weighted by atomic mass is 16.5. The number of benzene rings is 2. The van der Waals surface area contributed by atoms with Gasteiger partial charge in [0.25, 0.3) is 5.91 Å². The molecule has 0 aliphatic carbocycles. The molecule has 0 bridgehead atoms. The summed E-state index contributed by atoms with van der Waals surface area (Å²) < 4.78 is 11.0. The third-order valence-electron chi connectivity index (χ3n) is 4.45. The van der Waals surface area contributed by atoms with Crippen LogP contribution in [0.5, 0.6) is 11.5 Å². The molecule has 5 nitrogen and oxygen atoms in total. The second-order valence-electron chi connectivity index (χ2n) is 6.51. The molecule has 132 valence electrons. The van der Waals surface area contributed by atoms with Crippen LogP contribution in [0.2, 0.25) is 0 Å². The number of carbonyl (C=O) groups is 1. The molecular formula is C20H23NO4. The lowest BCUT2D eigenvalue weighted by Gasteiger charge is -2.24. The number of para-hydroxylation sites is 1. The Hall–Kier alpha value is -2.53. The number of rotatable bonds is 5. The van der Waals surface area contributed by atoms with Crippen LogP contribution >= 0.6 is 0 Å². The fourth-order valence-corrected chi connectivity index (χ4v) is 3.06. The van der Waals surface area contributed by atoms with Gasteiger partial charge in [0.15, 0.2) is 0 Å². The first kappa shape index (κ1) is 17.3. The van der Waals surface area contributed by atoms with Crippen molar-refractivity contribution in [2.45, 2.75) is 18.9 Å². The number of methoxy groups -OCH3 is 1. The van der Waals surface area contributed by atoms with Crippen molar-refractivity contribution in [2.24, 2.45) is 0 Å². The molecule has 1 amide bonds. The van der Waals surface area contributed by atoms with Crippen molar-refractivity contribution in [3.8, 4) is 11.5 Å². The summed E-state index contributed by atoms with van der Waals surface area (Å²) in [6, 6.07) is 14.8. The van der Waals surface area contributed by atoms with Crippen molar-refractivity contribution in [1.82, 2.24) is 4.90 Å². The average Bonchev–Trinajstić information content (AvgIpc) is 3.02. The van der Waals surface area contributed by atoms with Crippen LogP contribution in [0.15, 0.2) is 48.5 Å². The van der Waals surface area contributed by atoms with Crippen molar-refractivity contribution in [2.75, 3.05) is 26.8 Å². The number of aliphatic hydroxyl groups is 1. The molecule has 1 heterocycles. The summed E-state index contributed by atoms with van der Waals surface area (Å²) in [7, 11) is 1.54. The minimum absolute atomic E-state index is 0.135. The topological polar surface area (TPSA) is 59.0 Å². The van der Waals surface area contributed by atoms with Crippen molar-refractivity contribution in [3.63, 3.8) is 0 Å². The fourth-order valence-electron chi connectivity index (χ4n) is 3.06. The molecular weight excluding hydrogens is 318 g/mol. The third-order valence-corrected chi connectivity index (χ3v) is 4.45. The van der Waals surface area contributed by atoms with E-state index in [2.05, 4.69) is 0 Å². The normalized spacial score (nSPS) is 19.7. The molecule has 2 aromatic rings. The number of aryl methyl sites for hydroxylation is 1. The highest BCUT2D eigenvalue weighted by molar-refractivity contribution is 5.97. The zero-order valence-electron chi connectivity index (χ0n) is 14.6. The van der Waals surface area contributed by atoms with Crippen molar-refractivity contribution in [1.29, 1.82) is 0 Å². The predicted molar refractivity (Wildman–Crippen MR) is 95.1 cm³/mol. The van der Waals surface area contributed by atoms with Gasteiger partial charge in [-0.1, -0.05) is 24.3 Å². The summed E-state index contributed by atoms with van der Waals surface area (Å²) in [5.74, 6) is 1.13. The van der Waals surface area contributed by atoms with E-state index in [1.54, 1.807) is 30.2 Å². The number of carbonyl (C=O) groups excluding carboxylic acids is 1. The van der Waals surface area contributed by atoms with Crippen LogP contribution in [0, 0.1) is 6.92 Å². The van der Waals surface area contributed by atoms with Gasteiger partial charge in [0.2, 0.25) is 0 Å². The maximum atomic E-state index is 12.7. The van der Waals surface area contributed by atoms with E-state index in [9.17, 15) is 9.90 Å². The zero-order valence-corrected chi connectivity index (χ0v) is 14.6. The van der Waals surface area contributed by atoms with E-state index in [0.717, 1.165) is 11.3 Å². The Morgan fingerprint density at radius 1 is 1.24 bits per heavy atom. The number of likely N-dealkylation sites (tertiary alicyclic amines) is 1. The fraction of sp³-hybridized carbons (Fsp3) is 0.350. The van der Waals surface area contributed by atoms with Crippen LogP contribution in [0.25, 0.3) is 0 Å². The Balaban J connectivity index is 1.65. The first-order valence-corrected chi connectivity index (χ1v) is 8.35. The number of hydrogen-bond acceptors (Lipinski definition) is 4. The van der Waals surface area contributed by atoms with Gasteiger partial charge in [0.1, 0.15) is 23.7 Å². The molecule has 0 aromatic heterocycles. The summed E-state index contributed by atoms with van der Waals surface area (Å²) in [6.07, 6.45) is 0.486. The van der Waals surface area contributed by atoms with Gasteiger partial charge < -0.3 is 19.5 Å². The van der Waals surface area contributed by atoms with Crippen LogP contribution in [0.4, 0.5) is 0 Å². The number of nitrogens with zero attached hydrogens (tertiary/aromatic N) is 1. The third kappa shape index (κ3) is 3.94. The van der Waals surface area contributed by atoms with E-state index >= 15 is 0 Å². The lowest BCUT2D eigenvalue weighted by Crippen LogP contribution is -2.40. The Bertz CT molecular complexity index is 761. The van der Waals surface area contributed by atoms with Gasteiger partial charge in [-0.2, -0.15) is 0 Å². The molecule has 3 rings (SSSR count). The molecule has 0 unspecified atom stereocenters. The Morgan fingerprint density at radius 3 is 2.80 bits per heavy atom. The van der Waals surface area contributed by atoms with E-state index in [1.807, 2.05) is 37.3 Å². The quantitative estimate of drug-likeness (QED) is 0.908. The number of ether oxygens (including phenoxy) is 2. The minimum Gasteiger partial charge on any atom is -0.496 e. The summed E-state index contributed by atoms with van der Waals surface area (Å²) in [4.78, 5) is 14.4. The number of amides is 1. The van der Waals surface area contributed by atoms with Gasteiger partial charge in [-0.3, -0.25) is 4.79 Å². The molecule has 1 aliphatic heterocycles. The molecule has 1 aliphatic rings. The molecule has 25 heavy (non-hydrogen) atoms. The van der Waals surface area contributed by atoms with Crippen LogP contribution in [0.1, 0.15) is 22.3 Å². The molecule has 1 saturated heterocycles. The monoisotopic (exact) mass is 341 g/mol. The van der Waals surface area contributed by atoms with Gasteiger partial charge in [0, 0.05) is 6.54 Å². The second-order valence-corrected chi connectivity index (χ2v) is 6.51. The summed E-state index contributed by atoms with van der Waals surface area (Å²) in [5, 5.41) is 10.8. The molecule has 1 atom stereocenters. The van der Waals surface area contributed by atoms with Gasteiger partial charge in [0.05, 0.1) is 19.2 Å². The van der Waals surface area contributed by atoms with E-state index in [4.69, 9.17) is 9.47 Å². The minimum atomic E-state index is -1.04. The van der Waals surface area contributed by atoms with Crippen LogP contribution in [-0.2, 0) is 0 Å². The molecule has 2 aromatic carbocycles. The van der Waals surface area contributed by atoms with Gasteiger partial charge in [-0.15, -0.1) is 0 Å². The average molecular weight is 341 g/mol. The van der Waals surface area contributed by atoms with Gasteiger partial charge >= 0.3 is 0 Å². The molecule has 0 radical (unpaired) electrons. The smallest absolute Gasteiger partial charge is 0.257 e. The van der Waals surface area contributed by atoms with Gasteiger partial charge in [-0.05, 0) is 43.2 Å². The van der Waals surface area contributed by atoms with Gasteiger partial charge in [-0.25, -0.2) is 0 Å². The van der Waals surface area contributed by atoms with Crippen molar-refractivity contribution < 1.29 is 19.4 Å². The SMILES string of the molecule is COc1ccccc1C(=O)N1CC[C@](O)(COc2cccc(C)c2)C1. The first-order chi connectivity index (χ1) is 12.0. The Morgan fingerprint density at radius 2 is 2.04 bits per heavy atom. The molecule has 0 spiro atoms. The maximum Gasteiger partial charge on any atom is 0.257 e. The van der Waals surface area contributed by atoms with Crippen molar-refractivity contribution in [3.05, 3.63) is 59.7 Å².